The molecule has 13 nitrogen and oxygen atoms in total. The smallest absolute Gasteiger partial charge is 0.328 e. The monoisotopic (exact) mass is 985 g/mol. The first-order valence-corrected chi connectivity index (χ1v) is 24.9. The SMILES string of the molecule is COC(=O)C(Cc1ccc(-c2ccc(C#N)cc2)cc1)NC(=O)[C@@H]1Cc2cc3c(cc2CN1S(=O)(=O)c1ccc(NCC2CCC2)nc1C)O[C@@H](c1ccc(OCc2ccc(Cl)c(Cl)c2)cc1)CO3. The summed E-state index contributed by atoms with van der Waals surface area (Å²) in [6.07, 6.45) is 3.07. The minimum Gasteiger partial charge on any atom is -0.489 e. The number of esters is 1. The van der Waals surface area contributed by atoms with Gasteiger partial charge in [-0.3, -0.25) is 4.79 Å². The van der Waals surface area contributed by atoms with Crippen molar-refractivity contribution < 1.29 is 37.0 Å². The first kappa shape index (κ1) is 47.4. The minimum atomic E-state index is -4.38. The Labute approximate surface area is 411 Å². The zero-order chi connectivity index (χ0) is 48.2. The number of amides is 1. The van der Waals surface area contributed by atoms with E-state index in [1.165, 1.54) is 23.9 Å². The lowest BCUT2D eigenvalue weighted by Gasteiger charge is -2.37. The van der Waals surface area contributed by atoms with Crippen molar-refractivity contribution in [2.24, 2.45) is 5.92 Å². The molecule has 3 aliphatic rings. The minimum absolute atomic E-state index is 0.0230. The first-order valence-electron chi connectivity index (χ1n) is 22.7. The second-order valence-electron chi connectivity index (χ2n) is 17.5. The molecule has 69 heavy (non-hydrogen) atoms. The normalized spacial score (nSPS) is 17.1. The predicted molar refractivity (Wildman–Crippen MR) is 262 cm³/mol. The number of rotatable bonds is 15. The van der Waals surface area contributed by atoms with Crippen molar-refractivity contribution in [1.82, 2.24) is 14.6 Å². The maximum atomic E-state index is 14.9. The van der Waals surface area contributed by atoms with Crippen LogP contribution >= 0.6 is 23.2 Å². The Morgan fingerprint density at radius 2 is 1.59 bits per heavy atom. The Bertz CT molecular complexity index is 3040. The number of nitrogens with zero attached hydrogens (tertiary/aromatic N) is 3. The van der Waals surface area contributed by atoms with Gasteiger partial charge in [0.05, 0.1) is 34.5 Å². The van der Waals surface area contributed by atoms with Crippen molar-refractivity contribution in [2.45, 2.75) is 75.3 Å². The molecule has 5 aromatic carbocycles. The lowest BCUT2D eigenvalue weighted by Crippen LogP contribution is -2.56. The summed E-state index contributed by atoms with van der Waals surface area (Å²) in [5, 5.41) is 16.3. The number of methoxy groups -OCH3 is 1. The van der Waals surface area contributed by atoms with E-state index in [1.54, 1.807) is 49.4 Å². The van der Waals surface area contributed by atoms with Gasteiger partial charge in [-0.2, -0.15) is 9.57 Å². The fourth-order valence-electron chi connectivity index (χ4n) is 8.74. The van der Waals surface area contributed by atoms with Crippen LogP contribution in [0.4, 0.5) is 5.82 Å². The maximum Gasteiger partial charge on any atom is 0.328 e. The van der Waals surface area contributed by atoms with Gasteiger partial charge in [0.15, 0.2) is 17.6 Å². The lowest BCUT2D eigenvalue weighted by molar-refractivity contribution is -0.145. The summed E-state index contributed by atoms with van der Waals surface area (Å²) in [7, 11) is -3.14. The molecular formula is C53H49Cl2N5O8S. The molecule has 16 heteroatoms. The number of halogens is 2. The van der Waals surface area contributed by atoms with E-state index in [0.717, 1.165) is 47.2 Å². The average Bonchev–Trinajstić information content (AvgIpc) is 3.35. The highest BCUT2D eigenvalue weighted by atomic mass is 35.5. The van der Waals surface area contributed by atoms with E-state index in [0.29, 0.717) is 62.3 Å². The molecule has 1 aromatic heterocycles. The largest absolute Gasteiger partial charge is 0.489 e. The van der Waals surface area contributed by atoms with E-state index in [2.05, 4.69) is 21.7 Å². The van der Waals surface area contributed by atoms with Gasteiger partial charge in [-0.15, -0.1) is 0 Å². The van der Waals surface area contributed by atoms with Gasteiger partial charge in [0.1, 0.15) is 41.8 Å². The second-order valence-corrected chi connectivity index (χ2v) is 20.2. The van der Waals surface area contributed by atoms with Crippen molar-refractivity contribution >= 4 is 50.9 Å². The predicted octanol–water partition coefficient (Wildman–Crippen LogP) is 9.56. The fourth-order valence-corrected chi connectivity index (χ4v) is 10.8. The Morgan fingerprint density at radius 1 is 0.884 bits per heavy atom. The third kappa shape index (κ3) is 10.7. The number of aryl methyl sites for hydroxylation is 1. The van der Waals surface area contributed by atoms with Gasteiger partial charge >= 0.3 is 5.97 Å². The summed E-state index contributed by atoms with van der Waals surface area (Å²) in [4.78, 5) is 32.6. The quantitative estimate of drug-likeness (QED) is 0.0940. The van der Waals surface area contributed by atoms with E-state index >= 15 is 0 Å². The average molecular weight is 987 g/mol. The molecule has 9 rings (SSSR count). The van der Waals surface area contributed by atoms with Crippen LogP contribution in [0.2, 0.25) is 10.0 Å². The Kier molecular flexibility index (Phi) is 14.1. The highest BCUT2D eigenvalue weighted by molar-refractivity contribution is 7.89. The van der Waals surface area contributed by atoms with Crippen LogP contribution in [0, 0.1) is 24.2 Å². The van der Waals surface area contributed by atoms with Crippen LogP contribution in [0.3, 0.4) is 0 Å². The number of carbonyl (C=O) groups excluding carboxylic acids is 2. The summed E-state index contributed by atoms with van der Waals surface area (Å²) in [5.41, 5.74) is 6.43. The molecule has 3 atom stereocenters. The topological polar surface area (TPSA) is 169 Å². The number of ether oxygens (including phenoxy) is 4. The van der Waals surface area contributed by atoms with Crippen LogP contribution in [-0.2, 0) is 50.3 Å². The van der Waals surface area contributed by atoms with E-state index in [1.807, 2.05) is 66.7 Å². The van der Waals surface area contributed by atoms with Crippen LogP contribution in [0.15, 0.2) is 120 Å². The zero-order valence-corrected chi connectivity index (χ0v) is 40.2. The number of pyridine rings is 1. The fraction of sp³-hybridized carbons (Fsp3) is 0.283. The van der Waals surface area contributed by atoms with E-state index in [9.17, 15) is 23.3 Å². The molecule has 1 saturated carbocycles. The number of hydrogen-bond acceptors (Lipinski definition) is 11. The highest BCUT2D eigenvalue weighted by Gasteiger charge is 2.42. The van der Waals surface area contributed by atoms with Gasteiger partial charge in [-0.1, -0.05) is 84.2 Å². The van der Waals surface area contributed by atoms with Crippen LogP contribution in [0.1, 0.15) is 64.4 Å². The zero-order valence-electron chi connectivity index (χ0n) is 37.9. The second kappa shape index (κ2) is 20.5. The van der Waals surface area contributed by atoms with Gasteiger partial charge in [0, 0.05) is 19.5 Å². The van der Waals surface area contributed by atoms with Crippen molar-refractivity contribution in [2.75, 3.05) is 25.6 Å². The standard InChI is InChI=1S/C53H49Cl2N5O8S/c1-32-50(20-21-51(58-32)57-28-35-4-3-5-35)69(63,64)60-29-41-26-48-47(67-31-49(68-48)39-15-17-42(18-16-39)66-30-36-10-19-43(54)44(55)22-36)25-40(41)24-46(60)52(61)59-45(53(62)65-2)23-33-6-11-37(12-7-33)38-13-8-34(27-56)9-14-38/h6-22,25-26,35,45-46,49H,3-5,23-24,28-31H2,1-2H3,(H,57,58)(H,59,61)/t45?,46-,49+/m0/s1. The van der Waals surface area contributed by atoms with Gasteiger partial charge in [-0.25, -0.2) is 18.2 Å². The summed E-state index contributed by atoms with van der Waals surface area (Å²) in [6.45, 7) is 2.72. The first-order chi connectivity index (χ1) is 33.3. The molecule has 1 aliphatic carbocycles. The van der Waals surface area contributed by atoms with Crippen molar-refractivity contribution in [3.05, 3.63) is 164 Å². The molecule has 354 valence electrons. The number of fused-ring (bicyclic) bond motifs is 2. The number of carbonyl (C=O) groups is 2. The van der Waals surface area contributed by atoms with Gasteiger partial charge in [-0.05, 0) is 132 Å². The molecule has 6 aromatic rings. The van der Waals surface area contributed by atoms with Gasteiger partial charge in [0.25, 0.3) is 0 Å². The molecule has 3 heterocycles. The highest BCUT2D eigenvalue weighted by Crippen LogP contribution is 2.42. The molecule has 1 amide bonds. The molecule has 2 N–H and O–H groups in total. The summed E-state index contributed by atoms with van der Waals surface area (Å²) in [6, 6.07) is 34.0. The molecule has 0 bridgehead atoms. The maximum absolute atomic E-state index is 14.9. The summed E-state index contributed by atoms with van der Waals surface area (Å²) in [5.74, 6) is 1.32. The molecule has 1 fully saturated rings. The number of benzene rings is 5. The molecule has 1 unspecified atom stereocenters. The van der Waals surface area contributed by atoms with Crippen molar-refractivity contribution in [3.8, 4) is 34.4 Å². The summed E-state index contributed by atoms with van der Waals surface area (Å²) < 4.78 is 54.9. The Hall–Kier alpha value is -6.63. The molecule has 2 aliphatic heterocycles. The van der Waals surface area contributed by atoms with Crippen molar-refractivity contribution in [3.63, 3.8) is 0 Å². The van der Waals surface area contributed by atoms with E-state index < -0.39 is 40.1 Å². The Balaban J connectivity index is 0.958. The number of nitrogens with one attached hydrogen (secondary N) is 2. The number of hydrogen-bond donors (Lipinski definition) is 2. The van der Waals surface area contributed by atoms with Crippen LogP contribution in [-0.4, -0.2) is 61.9 Å². The van der Waals surface area contributed by atoms with Crippen LogP contribution in [0.5, 0.6) is 17.2 Å². The molecule has 0 spiro atoms. The van der Waals surface area contributed by atoms with E-state index in [-0.39, 0.29) is 36.6 Å². The lowest BCUT2D eigenvalue weighted by atomic mass is 9.85. The molecule has 0 saturated heterocycles. The van der Waals surface area contributed by atoms with Crippen LogP contribution < -0.4 is 24.8 Å². The molecule has 0 radical (unpaired) electrons. The van der Waals surface area contributed by atoms with Gasteiger partial charge in [0.2, 0.25) is 15.9 Å². The number of aromatic nitrogens is 1. The third-order valence-corrected chi connectivity index (χ3v) is 15.6. The van der Waals surface area contributed by atoms with Crippen molar-refractivity contribution in [1.29, 1.82) is 5.26 Å². The van der Waals surface area contributed by atoms with Crippen LogP contribution in [0.25, 0.3) is 11.1 Å². The number of sulfonamides is 1. The summed E-state index contributed by atoms with van der Waals surface area (Å²) >= 11 is 12.2. The third-order valence-electron chi connectivity index (χ3n) is 12.9. The van der Waals surface area contributed by atoms with E-state index in [4.69, 9.17) is 42.1 Å². The van der Waals surface area contributed by atoms with Gasteiger partial charge < -0.3 is 29.6 Å². The Morgan fingerprint density at radius 3 is 2.26 bits per heavy atom. The number of anilines is 1. The number of nitriles is 1. The molecular weight excluding hydrogens is 938 g/mol.